The van der Waals surface area contributed by atoms with E-state index >= 15 is 0 Å². The van der Waals surface area contributed by atoms with E-state index in [-0.39, 0.29) is 12.5 Å². The molecule has 1 N–H and O–H groups in total. The molecular weight excluding hydrogens is 290 g/mol. The summed E-state index contributed by atoms with van der Waals surface area (Å²) >= 11 is 0. The highest BCUT2D eigenvalue weighted by atomic mass is 32.2. The minimum Gasteiger partial charge on any atom is -0.497 e. The van der Waals surface area contributed by atoms with Gasteiger partial charge in [0.2, 0.25) is 0 Å². The number of hydrogen-bond donors (Lipinski definition) is 1. The van der Waals surface area contributed by atoms with Crippen LogP contribution in [0.25, 0.3) is 0 Å². The van der Waals surface area contributed by atoms with Gasteiger partial charge in [-0.2, -0.15) is 13.1 Å². The number of nitrogens with one attached hydrogen (secondary N) is 1. The van der Waals surface area contributed by atoms with Crippen molar-refractivity contribution in [2.24, 2.45) is 5.92 Å². The lowest BCUT2D eigenvalue weighted by molar-refractivity contribution is 0.154. The van der Waals surface area contributed by atoms with Gasteiger partial charge in [0.25, 0.3) is 0 Å². The molecule has 1 saturated carbocycles. The molecule has 1 aliphatic heterocycles. The summed E-state index contributed by atoms with van der Waals surface area (Å²) in [7, 11) is -2.03. The Balaban J connectivity index is 1.99. The van der Waals surface area contributed by atoms with Crippen LogP contribution in [0.3, 0.4) is 0 Å². The number of hydrogen-bond acceptors (Lipinski definition) is 4. The maximum absolute atomic E-state index is 11.8. The smallest absolute Gasteiger partial charge is 0.336 e. The topological polar surface area (TPSA) is 64.6 Å². The van der Waals surface area contributed by atoms with Crippen LogP contribution >= 0.6 is 0 Å². The molecule has 0 bridgehead atoms. The van der Waals surface area contributed by atoms with Gasteiger partial charge in [-0.1, -0.05) is 31.4 Å². The molecule has 1 atom stereocenters. The Morgan fingerprint density at radius 1 is 1.19 bits per heavy atom. The predicted octanol–water partition coefficient (Wildman–Crippen LogP) is 2.34. The summed E-state index contributed by atoms with van der Waals surface area (Å²) in [6.45, 7) is 0.173. The van der Waals surface area contributed by atoms with Crippen LogP contribution in [0, 0.1) is 5.92 Å². The summed E-state index contributed by atoms with van der Waals surface area (Å²) in [6, 6.07) is 7.61. The van der Waals surface area contributed by atoms with E-state index < -0.39 is 15.8 Å². The van der Waals surface area contributed by atoms with E-state index in [1.54, 1.807) is 7.11 Å². The van der Waals surface area contributed by atoms with Crippen molar-refractivity contribution in [2.75, 3.05) is 13.7 Å². The van der Waals surface area contributed by atoms with Crippen molar-refractivity contribution >= 4 is 10.3 Å². The highest BCUT2D eigenvalue weighted by Crippen LogP contribution is 2.43. The second-order valence-electron chi connectivity index (χ2n) is 5.85. The van der Waals surface area contributed by atoms with E-state index in [0.29, 0.717) is 0 Å². The van der Waals surface area contributed by atoms with Gasteiger partial charge in [0.15, 0.2) is 0 Å². The third kappa shape index (κ3) is 2.80. The van der Waals surface area contributed by atoms with Crippen molar-refractivity contribution in [3.8, 4) is 5.75 Å². The number of rotatable bonds is 3. The zero-order valence-corrected chi connectivity index (χ0v) is 13.0. The largest absolute Gasteiger partial charge is 0.497 e. The monoisotopic (exact) mass is 311 g/mol. The number of ether oxygens (including phenoxy) is 1. The van der Waals surface area contributed by atoms with Crippen molar-refractivity contribution in [3.05, 3.63) is 29.8 Å². The molecule has 6 heteroatoms. The maximum atomic E-state index is 11.8. The van der Waals surface area contributed by atoms with Crippen LogP contribution in [0.4, 0.5) is 0 Å². The molecule has 3 rings (SSSR count). The molecule has 0 radical (unpaired) electrons. The molecule has 1 saturated heterocycles. The molecule has 2 aliphatic rings. The average Bonchev–Trinajstić information content (AvgIpc) is 2.85. The molecule has 21 heavy (non-hydrogen) atoms. The first-order valence-corrected chi connectivity index (χ1v) is 8.79. The number of benzene rings is 1. The summed E-state index contributed by atoms with van der Waals surface area (Å²) in [6.07, 6.45) is 5.56. The zero-order chi connectivity index (χ0) is 14.9. The van der Waals surface area contributed by atoms with Crippen molar-refractivity contribution in [1.29, 1.82) is 0 Å². The third-order valence-corrected chi connectivity index (χ3v) is 5.70. The Labute approximate surface area is 125 Å². The fourth-order valence-electron chi connectivity index (χ4n) is 3.52. The van der Waals surface area contributed by atoms with Crippen LogP contribution in [0.2, 0.25) is 0 Å². The fourth-order valence-corrected chi connectivity index (χ4v) is 4.70. The highest BCUT2D eigenvalue weighted by Gasteiger charge is 2.49. The molecule has 0 aromatic heterocycles. The van der Waals surface area contributed by atoms with E-state index in [1.165, 1.54) is 6.42 Å². The van der Waals surface area contributed by atoms with Crippen LogP contribution in [0.5, 0.6) is 5.75 Å². The van der Waals surface area contributed by atoms with Gasteiger partial charge in [-0.25, -0.2) is 0 Å². The van der Waals surface area contributed by atoms with Gasteiger partial charge in [0.1, 0.15) is 5.75 Å². The Hall–Kier alpha value is -1.11. The van der Waals surface area contributed by atoms with E-state index in [0.717, 1.165) is 37.0 Å². The first kappa shape index (κ1) is 14.8. The normalized spacial score (nSPS) is 29.4. The summed E-state index contributed by atoms with van der Waals surface area (Å²) in [4.78, 5) is 0. The molecule has 1 heterocycles. The third-order valence-electron chi connectivity index (χ3n) is 4.66. The van der Waals surface area contributed by atoms with E-state index in [1.807, 2.05) is 24.3 Å². The van der Waals surface area contributed by atoms with E-state index in [2.05, 4.69) is 4.72 Å². The van der Waals surface area contributed by atoms with Crippen LogP contribution in [-0.4, -0.2) is 22.1 Å². The molecular formula is C15H21NO4S. The van der Waals surface area contributed by atoms with Crippen LogP contribution in [0.1, 0.15) is 37.7 Å². The van der Waals surface area contributed by atoms with E-state index in [9.17, 15) is 8.42 Å². The van der Waals surface area contributed by atoms with Crippen molar-refractivity contribution < 1.29 is 17.3 Å². The van der Waals surface area contributed by atoms with Gasteiger partial charge in [-0.15, -0.1) is 0 Å². The summed E-state index contributed by atoms with van der Waals surface area (Å²) < 4.78 is 36.7. The minimum atomic E-state index is -3.65. The second kappa shape index (κ2) is 5.59. The Morgan fingerprint density at radius 3 is 2.38 bits per heavy atom. The van der Waals surface area contributed by atoms with Gasteiger partial charge >= 0.3 is 10.3 Å². The summed E-state index contributed by atoms with van der Waals surface area (Å²) in [5.74, 6) is 1.04. The average molecular weight is 311 g/mol. The van der Waals surface area contributed by atoms with Gasteiger partial charge in [0, 0.05) is 0 Å². The molecule has 0 unspecified atom stereocenters. The lowest BCUT2D eigenvalue weighted by atomic mass is 9.72. The summed E-state index contributed by atoms with van der Waals surface area (Å²) in [5, 5.41) is 0. The lowest BCUT2D eigenvalue weighted by Crippen LogP contribution is -2.48. The molecule has 1 aromatic rings. The van der Waals surface area contributed by atoms with Crippen molar-refractivity contribution in [1.82, 2.24) is 4.72 Å². The fraction of sp³-hybridized carbons (Fsp3) is 0.600. The van der Waals surface area contributed by atoms with Gasteiger partial charge in [-0.05, 0) is 36.5 Å². The predicted molar refractivity (Wildman–Crippen MR) is 79.3 cm³/mol. The van der Waals surface area contributed by atoms with Crippen LogP contribution in [0.15, 0.2) is 24.3 Å². The first-order chi connectivity index (χ1) is 10.1. The highest BCUT2D eigenvalue weighted by molar-refractivity contribution is 7.85. The lowest BCUT2D eigenvalue weighted by Gasteiger charge is -2.38. The summed E-state index contributed by atoms with van der Waals surface area (Å²) in [5.41, 5.74) is 0.321. The van der Waals surface area contributed by atoms with Crippen molar-refractivity contribution in [3.63, 3.8) is 0 Å². The Kier molecular flexibility index (Phi) is 3.94. The maximum Gasteiger partial charge on any atom is 0.336 e. The van der Waals surface area contributed by atoms with E-state index in [4.69, 9.17) is 8.92 Å². The SMILES string of the molecule is COc1ccc([C@]2(C3CCCCC3)COS(=O)(=O)N2)cc1. The molecule has 1 aliphatic carbocycles. The standard InChI is InChI=1S/C15H21NO4S/c1-19-14-9-7-13(8-10-14)15(11-20-21(17,18)16-15)12-5-3-2-4-6-12/h7-10,12,16H,2-6,11H2,1H3/t15-/m1/s1. The molecule has 2 fully saturated rings. The second-order valence-corrected chi connectivity index (χ2v) is 7.20. The molecule has 0 amide bonds. The number of methoxy groups -OCH3 is 1. The van der Waals surface area contributed by atoms with Gasteiger partial charge < -0.3 is 4.74 Å². The van der Waals surface area contributed by atoms with Gasteiger partial charge in [-0.3, -0.25) is 4.18 Å². The van der Waals surface area contributed by atoms with Crippen LogP contribution in [-0.2, 0) is 20.0 Å². The molecule has 5 nitrogen and oxygen atoms in total. The quantitative estimate of drug-likeness (QED) is 0.930. The zero-order valence-electron chi connectivity index (χ0n) is 12.2. The molecule has 1 aromatic carbocycles. The Morgan fingerprint density at radius 2 is 1.86 bits per heavy atom. The molecule has 0 spiro atoms. The van der Waals surface area contributed by atoms with Crippen LogP contribution < -0.4 is 9.46 Å². The Bertz CT molecular complexity index is 593. The van der Waals surface area contributed by atoms with Gasteiger partial charge in [0.05, 0.1) is 19.3 Å². The first-order valence-electron chi connectivity index (χ1n) is 7.39. The molecule has 116 valence electrons. The minimum absolute atomic E-state index is 0.173. The van der Waals surface area contributed by atoms with Crippen molar-refractivity contribution in [2.45, 2.75) is 37.6 Å².